The van der Waals surface area contributed by atoms with Crippen LogP contribution in [0.5, 0.6) is 11.6 Å². The third-order valence-corrected chi connectivity index (χ3v) is 4.22. The predicted octanol–water partition coefficient (Wildman–Crippen LogP) is 2.39. The third-order valence-electron chi connectivity index (χ3n) is 4.22. The number of benzene rings is 2. The summed E-state index contributed by atoms with van der Waals surface area (Å²) in [6.07, 6.45) is 0. The number of ether oxygens (including phenoxy) is 1. The number of halogens is 1. The van der Waals surface area contributed by atoms with Gasteiger partial charge in [-0.25, -0.2) is 13.8 Å². The molecule has 0 aliphatic heterocycles. The van der Waals surface area contributed by atoms with E-state index in [1.165, 1.54) is 32.2 Å². The van der Waals surface area contributed by atoms with E-state index in [2.05, 4.69) is 9.98 Å². The van der Waals surface area contributed by atoms with Crippen LogP contribution in [0.4, 0.5) is 4.39 Å². The number of para-hydroxylation sites is 2. The highest BCUT2D eigenvalue weighted by Crippen LogP contribution is 2.21. The minimum Gasteiger partial charge on any atom is -0.496 e. The SMILES string of the molecule is COc1ccccc1CN=C(C)c1c(O)n(-c2ccccc2F)c(=O)[nH]c1=O. The minimum absolute atomic E-state index is 0.181. The number of aromatic nitrogens is 2. The molecular formula is C20H18FN3O4. The van der Waals surface area contributed by atoms with Crippen molar-refractivity contribution in [1.82, 2.24) is 9.55 Å². The maximum Gasteiger partial charge on any atom is 0.335 e. The van der Waals surface area contributed by atoms with Gasteiger partial charge in [0.25, 0.3) is 5.56 Å². The lowest BCUT2D eigenvalue weighted by Crippen LogP contribution is -2.33. The van der Waals surface area contributed by atoms with Crippen LogP contribution in [0.15, 0.2) is 63.1 Å². The summed E-state index contributed by atoms with van der Waals surface area (Å²) in [5, 5.41) is 10.6. The second-order valence-electron chi connectivity index (χ2n) is 5.96. The van der Waals surface area contributed by atoms with Crippen molar-refractivity contribution in [3.05, 3.63) is 86.3 Å². The zero-order valence-electron chi connectivity index (χ0n) is 15.3. The number of aromatic hydroxyl groups is 1. The molecule has 0 aliphatic rings. The van der Waals surface area contributed by atoms with Gasteiger partial charge in [0.05, 0.1) is 25.1 Å². The molecule has 8 heteroatoms. The van der Waals surface area contributed by atoms with Gasteiger partial charge in [-0.2, -0.15) is 0 Å². The molecule has 7 nitrogen and oxygen atoms in total. The fourth-order valence-electron chi connectivity index (χ4n) is 2.82. The summed E-state index contributed by atoms with van der Waals surface area (Å²) in [6, 6.07) is 12.7. The van der Waals surface area contributed by atoms with E-state index in [1.54, 1.807) is 6.07 Å². The second kappa shape index (κ2) is 7.91. The van der Waals surface area contributed by atoms with E-state index in [-0.39, 0.29) is 23.5 Å². The summed E-state index contributed by atoms with van der Waals surface area (Å²) >= 11 is 0. The second-order valence-corrected chi connectivity index (χ2v) is 5.96. The van der Waals surface area contributed by atoms with E-state index >= 15 is 0 Å². The number of aliphatic imine (C=N–C) groups is 1. The van der Waals surface area contributed by atoms with E-state index in [0.717, 1.165) is 11.6 Å². The first-order valence-electron chi connectivity index (χ1n) is 8.40. The average molecular weight is 383 g/mol. The smallest absolute Gasteiger partial charge is 0.335 e. The molecule has 0 spiro atoms. The Labute approximate surface area is 159 Å². The molecule has 1 heterocycles. The molecule has 0 amide bonds. The van der Waals surface area contributed by atoms with Crippen LogP contribution in [0.25, 0.3) is 5.69 Å². The summed E-state index contributed by atoms with van der Waals surface area (Å²) in [5.74, 6) is -0.768. The first kappa shape index (κ1) is 19.1. The fraction of sp³-hybridized carbons (Fsp3) is 0.150. The molecule has 28 heavy (non-hydrogen) atoms. The van der Waals surface area contributed by atoms with Crippen molar-refractivity contribution in [2.45, 2.75) is 13.5 Å². The first-order valence-corrected chi connectivity index (χ1v) is 8.40. The Hall–Kier alpha value is -3.68. The largest absolute Gasteiger partial charge is 0.496 e. The third kappa shape index (κ3) is 3.57. The van der Waals surface area contributed by atoms with Crippen molar-refractivity contribution < 1.29 is 14.2 Å². The maximum atomic E-state index is 14.1. The number of hydrogen-bond donors (Lipinski definition) is 2. The highest BCUT2D eigenvalue weighted by molar-refractivity contribution is 6.00. The normalized spacial score (nSPS) is 11.5. The molecule has 0 saturated heterocycles. The van der Waals surface area contributed by atoms with E-state index in [4.69, 9.17) is 4.74 Å². The number of nitrogens with zero attached hydrogens (tertiary/aromatic N) is 2. The van der Waals surface area contributed by atoms with Gasteiger partial charge in [-0.3, -0.25) is 14.8 Å². The van der Waals surface area contributed by atoms with Gasteiger partial charge in [-0.15, -0.1) is 0 Å². The van der Waals surface area contributed by atoms with Gasteiger partial charge >= 0.3 is 5.69 Å². The molecule has 0 saturated carbocycles. The minimum atomic E-state index is -0.950. The molecule has 0 fully saturated rings. The van der Waals surface area contributed by atoms with E-state index < -0.39 is 22.9 Å². The summed E-state index contributed by atoms with van der Waals surface area (Å²) in [7, 11) is 1.54. The zero-order valence-corrected chi connectivity index (χ0v) is 15.3. The van der Waals surface area contributed by atoms with Crippen molar-refractivity contribution in [3.63, 3.8) is 0 Å². The zero-order chi connectivity index (χ0) is 20.3. The molecule has 3 aromatic rings. The average Bonchev–Trinajstić information content (AvgIpc) is 2.67. The van der Waals surface area contributed by atoms with Crippen molar-refractivity contribution in [2.75, 3.05) is 7.11 Å². The topological polar surface area (TPSA) is 96.7 Å². The summed E-state index contributed by atoms with van der Waals surface area (Å²) < 4.78 is 20.1. The molecule has 0 atom stereocenters. The Morgan fingerprint density at radius 1 is 1.18 bits per heavy atom. The summed E-state index contributed by atoms with van der Waals surface area (Å²) in [5.41, 5.74) is -1.18. The van der Waals surface area contributed by atoms with Gasteiger partial charge in [0.2, 0.25) is 5.88 Å². The van der Waals surface area contributed by atoms with E-state index in [0.29, 0.717) is 10.3 Å². The lowest BCUT2D eigenvalue weighted by Gasteiger charge is -2.12. The Morgan fingerprint density at radius 2 is 1.86 bits per heavy atom. The Morgan fingerprint density at radius 3 is 2.57 bits per heavy atom. The quantitative estimate of drug-likeness (QED) is 0.661. The number of rotatable bonds is 5. The first-order chi connectivity index (χ1) is 13.4. The molecule has 0 bridgehead atoms. The van der Waals surface area contributed by atoms with Crippen LogP contribution in [-0.4, -0.2) is 27.5 Å². The molecular weight excluding hydrogens is 365 g/mol. The number of H-pyrrole nitrogens is 1. The fourth-order valence-corrected chi connectivity index (χ4v) is 2.82. The molecule has 3 rings (SSSR count). The molecule has 2 N–H and O–H groups in total. The molecule has 1 aromatic heterocycles. The molecule has 0 aliphatic carbocycles. The van der Waals surface area contributed by atoms with Crippen molar-refractivity contribution >= 4 is 5.71 Å². The van der Waals surface area contributed by atoms with Crippen LogP contribution in [0.1, 0.15) is 18.1 Å². The number of hydrogen-bond acceptors (Lipinski definition) is 5. The summed E-state index contributed by atoms with van der Waals surface area (Å²) in [4.78, 5) is 30.9. The highest BCUT2D eigenvalue weighted by atomic mass is 19.1. The van der Waals surface area contributed by atoms with Gasteiger partial charge in [0, 0.05) is 5.56 Å². The van der Waals surface area contributed by atoms with Gasteiger partial charge < -0.3 is 9.84 Å². The maximum absolute atomic E-state index is 14.1. The Bertz CT molecular complexity index is 1160. The molecule has 2 aromatic carbocycles. The Kier molecular flexibility index (Phi) is 5.39. The predicted molar refractivity (Wildman–Crippen MR) is 103 cm³/mol. The van der Waals surface area contributed by atoms with Gasteiger partial charge in [0.15, 0.2) is 0 Å². The van der Waals surface area contributed by atoms with E-state index in [9.17, 15) is 19.1 Å². The van der Waals surface area contributed by atoms with Crippen LogP contribution in [0.3, 0.4) is 0 Å². The lowest BCUT2D eigenvalue weighted by atomic mass is 10.1. The van der Waals surface area contributed by atoms with Crippen molar-refractivity contribution in [1.29, 1.82) is 0 Å². The number of methoxy groups -OCH3 is 1. The molecule has 144 valence electrons. The van der Waals surface area contributed by atoms with Crippen LogP contribution in [0, 0.1) is 5.82 Å². The molecule has 0 unspecified atom stereocenters. The van der Waals surface area contributed by atoms with Crippen molar-refractivity contribution in [3.8, 4) is 17.3 Å². The highest BCUT2D eigenvalue weighted by Gasteiger charge is 2.19. The van der Waals surface area contributed by atoms with Crippen LogP contribution in [-0.2, 0) is 6.54 Å². The van der Waals surface area contributed by atoms with Gasteiger partial charge in [-0.1, -0.05) is 30.3 Å². The van der Waals surface area contributed by atoms with Crippen molar-refractivity contribution in [2.24, 2.45) is 4.99 Å². The van der Waals surface area contributed by atoms with Crippen LogP contribution >= 0.6 is 0 Å². The van der Waals surface area contributed by atoms with Gasteiger partial charge in [0.1, 0.15) is 17.1 Å². The number of nitrogens with one attached hydrogen (secondary N) is 1. The number of aromatic amines is 1. The van der Waals surface area contributed by atoms with E-state index in [1.807, 2.05) is 18.2 Å². The standard InChI is InChI=1S/C20H18FN3O4/c1-12(22-11-13-7-3-6-10-16(13)28-2)17-18(25)23-20(27)24(19(17)26)15-9-5-4-8-14(15)21/h3-10,26H,11H2,1-2H3,(H,23,25,27). The molecule has 0 radical (unpaired) electrons. The summed E-state index contributed by atoms with van der Waals surface area (Å²) in [6.45, 7) is 1.71. The van der Waals surface area contributed by atoms with Gasteiger partial charge in [-0.05, 0) is 25.1 Å². The lowest BCUT2D eigenvalue weighted by molar-refractivity contribution is 0.410. The van der Waals surface area contributed by atoms with Crippen LogP contribution in [0.2, 0.25) is 0 Å². The monoisotopic (exact) mass is 383 g/mol. The Balaban J connectivity index is 2.09. The van der Waals surface area contributed by atoms with Crippen LogP contribution < -0.4 is 16.0 Å².